The molecule has 1 saturated heterocycles. The van der Waals surface area contributed by atoms with Crippen molar-refractivity contribution in [3.05, 3.63) is 18.0 Å². The van der Waals surface area contributed by atoms with Crippen molar-refractivity contribution in [3.63, 3.8) is 0 Å². The molecule has 2 N–H and O–H groups in total. The Labute approximate surface area is 150 Å². The maximum absolute atomic E-state index is 12.3. The Balaban J connectivity index is 1.44. The Morgan fingerprint density at radius 1 is 1.36 bits per heavy atom. The van der Waals surface area contributed by atoms with Crippen molar-refractivity contribution in [2.75, 3.05) is 33.7 Å². The molecule has 7 nitrogen and oxygen atoms in total. The number of hydrogen-bond acceptors (Lipinski definition) is 4. The van der Waals surface area contributed by atoms with Gasteiger partial charge in [-0.2, -0.15) is 5.10 Å². The highest BCUT2D eigenvalue weighted by Crippen LogP contribution is 2.26. The third kappa shape index (κ3) is 4.73. The molecule has 0 aromatic carbocycles. The Morgan fingerprint density at radius 3 is 2.76 bits per heavy atom. The molecule has 3 rings (SSSR count). The van der Waals surface area contributed by atoms with Crippen molar-refractivity contribution in [1.29, 1.82) is 0 Å². The molecule has 1 aliphatic heterocycles. The number of likely N-dealkylation sites (tertiary alicyclic amines) is 1. The van der Waals surface area contributed by atoms with Gasteiger partial charge in [-0.3, -0.25) is 9.58 Å². The monoisotopic (exact) mass is 348 g/mol. The third-order valence-electron chi connectivity index (χ3n) is 5.58. The van der Waals surface area contributed by atoms with E-state index < -0.39 is 0 Å². The van der Waals surface area contributed by atoms with Gasteiger partial charge in [-0.1, -0.05) is 12.8 Å². The summed E-state index contributed by atoms with van der Waals surface area (Å²) in [6.45, 7) is 2.69. The van der Waals surface area contributed by atoms with Gasteiger partial charge in [-0.05, 0) is 33.4 Å². The van der Waals surface area contributed by atoms with Crippen LogP contribution in [0.1, 0.15) is 43.7 Å². The van der Waals surface area contributed by atoms with Crippen LogP contribution in [0.25, 0.3) is 0 Å². The molecule has 1 saturated carbocycles. The molecule has 2 heterocycles. The highest BCUT2D eigenvalue weighted by atomic mass is 16.2. The van der Waals surface area contributed by atoms with Crippen LogP contribution in [0.15, 0.2) is 12.4 Å². The Kier molecular flexibility index (Phi) is 5.96. The first-order valence-corrected chi connectivity index (χ1v) is 9.46. The van der Waals surface area contributed by atoms with Crippen LogP contribution in [0.3, 0.4) is 0 Å². The average molecular weight is 348 g/mol. The van der Waals surface area contributed by atoms with Crippen LogP contribution in [0, 0.1) is 0 Å². The van der Waals surface area contributed by atoms with Gasteiger partial charge in [-0.15, -0.1) is 0 Å². The van der Waals surface area contributed by atoms with Crippen molar-refractivity contribution in [1.82, 2.24) is 30.2 Å². The highest BCUT2D eigenvalue weighted by molar-refractivity contribution is 5.74. The fourth-order valence-electron chi connectivity index (χ4n) is 4.14. The minimum Gasteiger partial charge on any atom is -0.336 e. The number of carbonyl (C=O) groups excluding carboxylic acids is 1. The van der Waals surface area contributed by atoms with Gasteiger partial charge in [0.15, 0.2) is 0 Å². The van der Waals surface area contributed by atoms with Crippen LogP contribution < -0.4 is 10.6 Å². The number of nitrogens with zero attached hydrogens (tertiary/aromatic N) is 4. The molecule has 140 valence electrons. The van der Waals surface area contributed by atoms with Crippen LogP contribution in [-0.2, 0) is 7.05 Å². The average Bonchev–Trinajstić information content (AvgIpc) is 3.28. The first-order chi connectivity index (χ1) is 12.0. The lowest BCUT2D eigenvalue weighted by Crippen LogP contribution is -2.46. The fourth-order valence-corrected chi connectivity index (χ4v) is 4.14. The maximum atomic E-state index is 12.3. The summed E-state index contributed by atoms with van der Waals surface area (Å²) in [5.74, 6) is 0. The first kappa shape index (κ1) is 18.2. The van der Waals surface area contributed by atoms with Crippen molar-refractivity contribution in [2.24, 2.45) is 7.05 Å². The molecule has 1 aromatic heterocycles. The van der Waals surface area contributed by atoms with Crippen LogP contribution in [-0.4, -0.2) is 71.4 Å². The zero-order valence-electron chi connectivity index (χ0n) is 15.7. The zero-order valence-corrected chi connectivity index (χ0v) is 15.7. The summed E-state index contributed by atoms with van der Waals surface area (Å²) >= 11 is 0. The minimum atomic E-state index is -0.0611. The van der Waals surface area contributed by atoms with E-state index in [2.05, 4.69) is 25.5 Å². The number of amides is 2. The van der Waals surface area contributed by atoms with Gasteiger partial charge in [0.25, 0.3) is 0 Å². The fraction of sp³-hybridized carbons (Fsp3) is 0.778. The second kappa shape index (κ2) is 8.19. The summed E-state index contributed by atoms with van der Waals surface area (Å²) in [4.78, 5) is 17.0. The van der Waals surface area contributed by atoms with E-state index in [4.69, 9.17) is 0 Å². The number of likely N-dealkylation sites (N-methyl/N-ethyl adjacent to an activating group) is 1. The van der Waals surface area contributed by atoms with E-state index in [1.54, 1.807) is 4.68 Å². The molecule has 0 radical (unpaired) electrons. The minimum absolute atomic E-state index is 0.0611. The summed E-state index contributed by atoms with van der Waals surface area (Å²) in [5.41, 5.74) is 1.11. The van der Waals surface area contributed by atoms with Gasteiger partial charge >= 0.3 is 6.03 Å². The molecule has 2 amide bonds. The van der Waals surface area contributed by atoms with E-state index in [0.717, 1.165) is 31.1 Å². The highest BCUT2D eigenvalue weighted by Gasteiger charge is 2.30. The largest absolute Gasteiger partial charge is 0.336 e. The molecule has 0 bridgehead atoms. The lowest BCUT2D eigenvalue weighted by Gasteiger charge is -2.25. The number of nitrogens with one attached hydrogen (secondary N) is 2. The summed E-state index contributed by atoms with van der Waals surface area (Å²) in [5, 5.41) is 10.4. The SMILES string of the molecule is CN(C)[C@@H](CNC(=O)N[C@H]1CCN(C2CCCC2)C1)c1cnn(C)c1. The topological polar surface area (TPSA) is 65.4 Å². The van der Waals surface area contributed by atoms with Gasteiger partial charge in [0.05, 0.1) is 12.2 Å². The van der Waals surface area contributed by atoms with Gasteiger partial charge in [-0.25, -0.2) is 4.79 Å². The van der Waals surface area contributed by atoms with Crippen LogP contribution in [0.5, 0.6) is 0 Å². The second-order valence-corrected chi connectivity index (χ2v) is 7.70. The van der Waals surface area contributed by atoms with Crippen LogP contribution >= 0.6 is 0 Å². The molecule has 1 aromatic rings. The van der Waals surface area contributed by atoms with Crippen LogP contribution in [0.2, 0.25) is 0 Å². The van der Waals surface area contributed by atoms with Crippen molar-refractivity contribution in [2.45, 2.75) is 50.2 Å². The Hall–Kier alpha value is -1.60. The Bertz CT molecular complexity index is 566. The van der Waals surface area contributed by atoms with E-state index in [0.29, 0.717) is 6.54 Å². The van der Waals surface area contributed by atoms with Gasteiger partial charge in [0.1, 0.15) is 0 Å². The molecule has 1 aliphatic carbocycles. The second-order valence-electron chi connectivity index (χ2n) is 7.70. The molecular weight excluding hydrogens is 316 g/mol. The smallest absolute Gasteiger partial charge is 0.315 e. The molecular formula is C18H32N6O. The molecule has 7 heteroatoms. The lowest BCUT2D eigenvalue weighted by atomic mass is 10.1. The van der Waals surface area contributed by atoms with E-state index in [1.807, 2.05) is 33.5 Å². The number of aromatic nitrogens is 2. The molecule has 2 aliphatic rings. The predicted octanol–water partition coefficient (Wildman–Crippen LogP) is 1.34. The van der Waals surface area contributed by atoms with Gasteiger partial charge in [0, 0.05) is 50.5 Å². The van der Waals surface area contributed by atoms with E-state index >= 15 is 0 Å². The van der Waals surface area contributed by atoms with Crippen molar-refractivity contribution >= 4 is 6.03 Å². The zero-order chi connectivity index (χ0) is 17.8. The lowest BCUT2D eigenvalue weighted by molar-refractivity contribution is 0.223. The van der Waals surface area contributed by atoms with E-state index in [-0.39, 0.29) is 18.1 Å². The maximum Gasteiger partial charge on any atom is 0.315 e. The molecule has 0 unspecified atom stereocenters. The summed E-state index contributed by atoms with van der Waals surface area (Å²) in [6.07, 6.45) is 10.3. The summed E-state index contributed by atoms with van der Waals surface area (Å²) in [6, 6.07) is 1.09. The normalized spacial score (nSPS) is 23.3. The first-order valence-electron chi connectivity index (χ1n) is 9.46. The quantitative estimate of drug-likeness (QED) is 0.814. The number of urea groups is 1. The summed E-state index contributed by atoms with van der Waals surface area (Å²) < 4.78 is 1.79. The third-order valence-corrected chi connectivity index (χ3v) is 5.58. The molecule has 2 atom stereocenters. The summed E-state index contributed by atoms with van der Waals surface area (Å²) in [7, 11) is 5.95. The molecule has 2 fully saturated rings. The standard InChI is InChI=1S/C18H32N6O/c1-22(2)17(14-10-20-23(3)12-14)11-19-18(25)21-15-8-9-24(13-15)16-6-4-5-7-16/h10,12,15-17H,4-9,11,13H2,1-3H3,(H2,19,21,25)/t15-,17-/m0/s1. The van der Waals surface area contributed by atoms with Crippen molar-refractivity contribution in [3.8, 4) is 0 Å². The number of rotatable bonds is 6. The van der Waals surface area contributed by atoms with Gasteiger partial charge in [0.2, 0.25) is 0 Å². The Morgan fingerprint density at radius 2 is 2.12 bits per heavy atom. The number of aryl methyl sites for hydroxylation is 1. The predicted molar refractivity (Wildman–Crippen MR) is 98.4 cm³/mol. The molecule has 0 spiro atoms. The van der Waals surface area contributed by atoms with E-state index in [9.17, 15) is 4.79 Å². The van der Waals surface area contributed by atoms with Gasteiger partial charge < -0.3 is 15.5 Å². The number of carbonyl (C=O) groups is 1. The van der Waals surface area contributed by atoms with Crippen LogP contribution in [0.4, 0.5) is 4.79 Å². The van der Waals surface area contributed by atoms with Crippen molar-refractivity contribution < 1.29 is 4.79 Å². The number of hydrogen-bond donors (Lipinski definition) is 2. The molecule has 25 heavy (non-hydrogen) atoms. The van der Waals surface area contributed by atoms with E-state index in [1.165, 1.54) is 25.7 Å².